The fourth-order valence-electron chi connectivity index (χ4n) is 1.76. The van der Waals surface area contributed by atoms with E-state index in [1.165, 1.54) is 49.7 Å². The maximum absolute atomic E-state index is 3.86. The molecule has 0 N–H and O–H groups in total. The normalized spacial score (nSPS) is 10.5. The summed E-state index contributed by atoms with van der Waals surface area (Å²) >= 11 is 0. The van der Waals surface area contributed by atoms with E-state index in [9.17, 15) is 0 Å². The van der Waals surface area contributed by atoms with Crippen LogP contribution in [0.4, 0.5) is 0 Å². The quantitative estimate of drug-likeness (QED) is 0.569. The second-order valence-electron chi connectivity index (χ2n) is 4.23. The van der Waals surface area contributed by atoms with Crippen LogP contribution in [-0.4, -0.2) is 0 Å². The predicted molar refractivity (Wildman–Crippen MR) is 68.0 cm³/mol. The fourth-order valence-corrected chi connectivity index (χ4v) is 1.76. The van der Waals surface area contributed by atoms with Gasteiger partial charge in [0.15, 0.2) is 0 Å². The lowest BCUT2D eigenvalue weighted by Gasteiger charge is -2.03. The summed E-state index contributed by atoms with van der Waals surface area (Å²) in [5.41, 5.74) is 2.96. The summed E-state index contributed by atoms with van der Waals surface area (Å²) in [6.07, 6.45) is 8.62. The second kappa shape index (κ2) is 7.50. The van der Waals surface area contributed by atoms with Gasteiger partial charge >= 0.3 is 0 Å². The molecule has 1 rings (SSSR count). The number of benzene rings is 1. The van der Waals surface area contributed by atoms with Crippen LogP contribution in [0.25, 0.3) is 0 Å². The molecule has 0 heteroatoms. The number of hydrogen-bond acceptors (Lipinski definition) is 0. The van der Waals surface area contributed by atoms with Gasteiger partial charge in [0.05, 0.1) is 0 Å². The Morgan fingerprint density at radius 2 is 1.40 bits per heavy atom. The number of aryl methyl sites for hydroxylation is 2. The van der Waals surface area contributed by atoms with Gasteiger partial charge in [-0.3, -0.25) is 0 Å². The third-order valence-corrected chi connectivity index (χ3v) is 2.81. The molecule has 0 spiro atoms. The van der Waals surface area contributed by atoms with Crippen molar-refractivity contribution < 1.29 is 0 Å². The van der Waals surface area contributed by atoms with Crippen LogP contribution in [0.2, 0.25) is 0 Å². The minimum absolute atomic E-state index is 1.06. The smallest absolute Gasteiger partial charge is 0.0279 e. The van der Waals surface area contributed by atoms with Crippen molar-refractivity contribution in [2.75, 3.05) is 0 Å². The number of rotatable bonds is 7. The monoisotopic (exact) mass is 203 g/mol. The van der Waals surface area contributed by atoms with Crippen molar-refractivity contribution in [3.05, 3.63) is 42.3 Å². The van der Waals surface area contributed by atoms with Gasteiger partial charge in [-0.25, -0.2) is 0 Å². The highest BCUT2D eigenvalue weighted by Crippen LogP contribution is 2.10. The van der Waals surface area contributed by atoms with E-state index in [1.807, 2.05) is 0 Å². The molecule has 0 aromatic heterocycles. The fraction of sp³-hybridized carbons (Fsp3) is 0.533. The van der Waals surface area contributed by atoms with Crippen molar-refractivity contribution in [2.24, 2.45) is 0 Å². The van der Waals surface area contributed by atoms with Crippen molar-refractivity contribution in [3.8, 4) is 0 Å². The van der Waals surface area contributed by atoms with Gasteiger partial charge in [0.25, 0.3) is 0 Å². The topological polar surface area (TPSA) is 0 Å². The molecule has 0 atom stereocenters. The molecule has 83 valence electrons. The predicted octanol–water partition coefficient (Wildman–Crippen LogP) is 4.58. The van der Waals surface area contributed by atoms with Crippen LogP contribution in [0.3, 0.4) is 0 Å². The molecule has 0 aliphatic rings. The zero-order chi connectivity index (χ0) is 10.9. The number of unbranched alkanes of at least 4 members (excludes halogenated alkanes) is 3. The first-order valence-electron chi connectivity index (χ1n) is 6.24. The van der Waals surface area contributed by atoms with E-state index in [1.54, 1.807) is 0 Å². The van der Waals surface area contributed by atoms with E-state index in [0.29, 0.717) is 0 Å². The molecule has 0 saturated heterocycles. The molecule has 15 heavy (non-hydrogen) atoms. The molecule has 1 aromatic carbocycles. The summed E-state index contributed by atoms with van der Waals surface area (Å²) in [5, 5.41) is 0. The molecule has 0 fully saturated rings. The Morgan fingerprint density at radius 3 is 1.87 bits per heavy atom. The van der Waals surface area contributed by atoms with E-state index < -0.39 is 0 Å². The summed E-state index contributed by atoms with van der Waals surface area (Å²) in [5.74, 6) is 0. The maximum atomic E-state index is 3.86. The standard InChI is InChI=1S/C15H23/c1-3-5-7-9-15-12-10-14(11-13-15)8-6-4-2/h10-13H,1,3-9H2,2H3. The van der Waals surface area contributed by atoms with E-state index >= 15 is 0 Å². The molecule has 0 bridgehead atoms. The zero-order valence-corrected chi connectivity index (χ0v) is 9.97. The molecule has 0 aliphatic heterocycles. The summed E-state index contributed by atoms with van der Waals surface area (Å²) in [4.78, 5) is 0. The minimum atomic E-state index is 1.06. The van der Waals surface area contributed by atoms with Crippen molar-refractivity contribution >= 4 is 0 Å². The van der Waals surface area contributed by atoms with Gasteiger partial charge in [-0.2, -0.15) is 0 Å². The van der Waals surface area contributed by atoms with E-state index in [4.69, 9.17) is 0 Å². The third-order valence-electron chi connectivity index (χ3n) is 2.81. The van der Waals surface area contributed by atoms with Crippen molar-refractivity contribution in [2.45, 2.75) is 51.9 Å². The zero-order valence-electron chi connectivity index (χ0n) is 9.97. The molecule has 0 heterocycles. The molecule has 1 aromatic rings. The van der Waals surface area contributed by atoms with Crippen LogP contribution in [-0.2, 0) is 12.8 Å². The molecular formula is C15H23. The summed E-state index contributed by atoms with van der Waals surface area (Å²) < 4.78 is 0. The Kier molecular flexibility index (Phi) is 6.15. The minimum Gasteiger partial charge on any atom is -0.0654 e. The first-order valence-corrected chi connectivity index (χ1v) is 6.24. The lowest BCUT2D eigenvalue weighted by Crippen LogP contribution is -1.88. The van der Waals surface area contributed by atoms with E-state index in [2.05, 4.69) is 38.1 Å². The second-order valence-corrected chi connectivity index (χ2v) is 4.23. The molecule has 0 amide bonds. The Hall–Kier alpha value is -0.780. The summed E-state index contributed by atoms with van der Waals surface area (Å²) in [6, 6.07) is 9.15. The SMILES string of the molecule is [CH2]CCCCc1ccc(CCCC)cc1. The van der Waals surface area contributed by atoms with Crippen LogP contribution >= 0.6 is 0 Å². The lowest BCUT2D eigenvalue weighted by atomic mass is 10.0. The molecule has 1 radical (unpaired) electrons. The molecule has 0 saturated carbocycles. The molecular weight excluding hydrogens is 180 g/mol. The van der Waals surface area contributed by atoms with Gasteiger partial charge in [-0.05, 0) is 36.8 Å². The Morgan fingerprint density at radius 1 is 0.867 bits per heavy atom. The molecule has 0 unspecified atom stereocenters. The highest BCUT2D eigenvalue weighted by Gasteiger charge is 1.95. The largest absolute Gasteiger partial charge is 0.0654 e. The highest BCUT2D eigenvalue weighted by molar-refractivity contribution is 5.22. The van der Waals surface area contributed by atoms with Crippen LogP contribution in [0, 0.1) is 6.92 Å². The van der Waals surface area contributed by atoms with Crippen LogP contribution in [0.5, 0.6) is 0 Å². The Labute approximate surface area is 94.7 Å². The van der Waals surface area contributed by atoms with Crippen molar-refractivity contribution in [3.63, 3.8) is 0 Å². The van der Waals surface area contributed by atoms with Gasteiger partial charge in [0.2, 0.25) is 0 Å². The average molecular weight is 203 g/mol. The van der Waals surface area contributed by atoms with E-state index in [0.717, 1.165) is 6.42 Å². The number of hydrogen-bond donors (Lipinski definition) is 0. The molecule has 0 nitrogen and oxygen atoms in total. The van der Waals surface area contributed by atoms with Gasteiger partial charge in [-0.1, -0.05) is 57.4 Å². The highest BCUT2D eigenvalue weighted by atomic mass is 14.0. The van der Waals surface area contributed by atoms with Gasteiger partial charge < -0.3 is 0 Å². The van der Waals surface area contributed by atoms with Crippen LogP contribution in [0.15, 0.2) is 24.3 Å². The third kappa shape index (κ3) is 5.01. The van der Waals surface area contributed by atoms with Crippen LogP contribution < -0.4 is 0 Å². The van der Waals surface area contributed by atoms with Crippen molar-refractivity contribution in [1.82, 2.24) is 0 Å². The first kappa shape index (κ1) is 12.3. The van der Waals surface area contributed by atoms with Gasteiger partial charge in [0, 0.05) is 0 Å². The average Bonchev–Trinajstić information content (AvgIpc) is 2.28. The van der Waals surface area contributed by atoms with Gasteiger partial charge in [-0.15, -0.1) is 0 Å². The molecule has 0 aliphatic carbocycles. The Balaban J connectivity index is 2.35. The lowest BCUT2D eigenvalue weighted by molar-refractivity contribution is 0.745. The van der Waals surface area contributed by atoms with Crippen molar-refractivity contribution in [1.29, 1.82) is 0 Å². The van der Waals surface area contributed by atoms with Gasteiger partial charge in [0.1, 0.15) is 0 Å². The Bertz CT molecular complexity index is 245. The summed E-state index contributed by atoms with van der Waals surface area (Å²) in [7, 11) is 0. The van der Waals surface area contributed by atoms with Crippen LogP contribution in [0.1, 0.15) is 50.2 Å². The van der Waals surface area contributed by atoms with E-state index in [-0.39, 0.29) is 0 Å². The summed E-state index contributed by atoms with van der Waals surface area (Å²) in [6.45, 7) is 6.11. The first-order chi connectivity index (χ1) is 7.36. The maximum Gasteiger partial charge on any atom is -0.0279 e.